The maximum Gasteiger partial charge on any atom is 0.251 e. The summed E-state index contributed by atoms with van der Waals surface area (Å²) in [5.41, 5.74) is 3.44. The average Bonchev–Trinajstić information content (AvgIpc) is 3.15. The third-order valence-corrected chi connectivity index (χ3v) is 4.98. The van der Waals surface area contributed by atoms with E-state index in [1.54, 1.807) is 35.6 Å². The van der Waals surface area contributed by atoms with Crippen LogP contribution >= 0.6 is 11.3 Å². The zero-order valence-corrected chi connectivity index (χ0v) is 15.6. The van der Waals surface area contributed by atoms with Gasteiger partial charge in [0.05, 0.1) is 10.7 Å². The summed E-state index contributed by atoms with van der Waals surface area (Å²) in [6, 6.07) is 13.8. The second-order valence-electron chi connectivity index (χ2n) is 6.19. The fourth-order valence-electron chi connectivity index (χ4n) is 2.63. The van der Waals surface area contributed by atoms with Gasteiger partial charge in [0.25, 0.3) is 5.91 Å². The SMILES string of the molecule is O=C(NCCCCO)c1ccc(-c2csc(Cc3ccc(F)cc3)n2)cc1. The number of aromatic nitrogens is 1. The number of hydrogen-bond donors (Lipinski definition) is 2. The fraction of sp³-hybridized carbons (Fsp3) is 0.238. The third-order valence-electron chi connectivity index (χ3n) is 4.13. The number of thiazole rings is 1. The van der Waals surface area contributed by atoms with Crippen LogP contribution in [-0.2, 0) is 6.42 Å². The highest BCUT2D eigenvalue weighted by atomic mass is 32.1. The Balaban J connectivity index is 1.61. The second-order valence-corrected chi connectivity index (χ2v) is 7.14. The minimum absolute atomic E-state index is 0.116. The maximum absolute atomic E-state index is 13.0. The molecular formula is C21H21FN2O2S. The quantitative estimate of drug-likeness (QED) is 0.576. The molecule has 1 aromatic heterocycles. The minimum atomic E-state index is -0.240. The van der Waals surface area contributed by atoms with Gasteiger partial charge in [-0.05, 0) is 42.7 Å². The highest BCUT2D eigenvalue weighted by Gasteiger charge is 2.08. The summed E-state index contributed by atoms with van der Waals surface area (Å²) in [5, 5.41) is 14.5. The summed E-state index contributed by atoms with van der Waals surface area (Å²) in [6.07, 6.45) is 2.11. The van der Waals surface area contributed by atoms with Gasteiger partial charge in [-0.2, -0.15) is 0 Å². The van der Waals surface area contributed by atoms with Gasteiger partial charge in [0.2, 0.25) is 0 Å². The Morgan fingerprint density at radius 1 is 1.07 bits per heavy atom. The zero-order valence-electron chi connectivity index (χ0n) is 14.8. The van der Waals surface area contributed by atoms with Gasteiger partial charge >= 0.3 is 0 Å². The molecule has 0 saturated carbocycles. The van der Waals surface area contributed by atoms with Crippen molar-refractivity contribution in [1.29, 1.82) is 0 Å². The fourth-order valence-corrected chi connectivity index (χ4v) is 3.47. The predicted octanol–water partition coefficient (Wildman–Crippen LogP) is 4.04. The number of aliphatic hydroxyl groups excluding tert-OH is 1. The summed E-state index contributed by atoms with van der Waals surface area (Å²) < 4.78 is 13.0. The molecule has 4 nitrogen and oxygen atoms in total. The first-order valence-corrected chi connectivity index (χ1v) is 9.72. The van der Waals surface area contributed by atoms with Crippen molar-refractivity contribution in [3.8, 4) is 11.3 Å². The summed E-state index contributed by atoms with van der Waals surface area (Å²) in [4.78, 5) is 16.7. The lowest BCUT2D eigenvalue weighted by molar-refractivity contribution is 0.0952. The third kappa shape index (κ3) is 5.45. The number of nitrogens with zero attached hydrogens (tertiary/aromatic N) is 1. The molecule has 0 atom stereocenters. The van der Waals surface area contributed by atoms with E-state index in [2.05, 4.69) is 10.3 Å². The molecule has 1 heterocycles. The highest BCUT2D eigenvalue weighted by molar-refractivity contribution is 7.10. The first kappa shape index (κ1) is 19.2. The molecule has 0 aliphatic heterocycles. The highest BCUT2D eigenvalue weighted by Crippen LogP contribution is 2.24. The van der Waals surface area contributed by atoms with Crippen LogP contribution in [0.25, 0.3) is 11.3 Å². The number of hydrogen-bond acceptors (Lipinski definition) is 4. The lowest BCUT2D eigenvalue weighted by Crippen LogP contribution is -2.24. The number of rotatable bonds is 8. The number of unbranched alkanes of at least 4 members (excludes halogenated alkanes) is 1. The van der Waals surface area contributed by atoms with Crippen LogP contribution < -0.4 is 5.32 Å². The molecule has 3 rings (SSSR count). The average molecular weight is 384 g/mol. The van der Waals surface area contributed by atoms with Gasteiger partial charge in [-0.25, -0.2) is 9.37 Å². The Morgan fingerprint density at radius 2 is 1.81 bits per heavy atom. The molecule has 27 heavy (non-hydrogen) atoms. The second kappa shape index (κ2) is 9.39. The van der Waals surface area contributed by atoms with Crippen molar-refractivity contribution in [2.45, 2.75) is 19.3 Å². The Kier molecular flexibility index (Phi) is 6.68. The summed E-state index contributed by atoms with van der Waals surface area (Å²) in [5.74, 6) is -0.356. The van der Waals surface area contributed by atoms with Crippen LogP contribution in [0, 0.1) is 5.82 Å². The van der Waals surface area contributed by atoms with Crippen molar-refractivity contribution in [3.05, 3.63) is 75.9 Å². The minimum Gasteiger partial charge on any atom is -0.396 e. The number of carbonyl (C=O) groups is 1. The van der Waals surface area contributed by atoms with E-state index < -0.39 is 0 Å². The molecule has 2 aromatic carbocycles. The Hall–Kier alpha value is -2.57. The standard InChI is InChI=1S/C21H21FN2O2S/c22-18-9-3-15(4-10-18)13-20-24-19(14-27-20)16-5-7-17(8-6-16)21(26)23-11-1-2-12-25/h3-10,14,25H,1-2,11-13H2,(H,23,26). The van der Waals surface area contributed by atoms with Crippen molar-refractivity contribution < 1.29 is 14.3 Å². The predicted molar refractivity (Wildman–Crippen MR) is 105 cm³/mol. The summed E-state index contributed by atoms with van der Waals surface area (Å²) in [7, 11) is 0. The van der Waals surface area contributed by atoms with Gasteiger partial charge in [0.1, 0.15) is 5.82 Å². The lowest BCUT2D eigenvalue weighted by Gasteiger charge is -2.05. The molecule has 0 bridgehead atoms. The van der Waals surface area contributed by atoms with Crippen LogP contribution in [-0.4, -0.2) is 29.1 Å². The lowest BCUT2D eigenvalue weighted by atomic mass is 10.1. The van der Waals surface area contributed by atoms with E-state index in [-0.39, 0.29) is 18.3 Å². The van der Waals surface area contributed by atoms with Crippen LogP contribution in [0.5, 0.6) is 0 Å². The van der Waals surface area contributed by atoms with E-state index in [9.17, 15) is 9.18 Å². The molecule has 3 aromatic rings. The van der Waals surface area contributed by atoms with Crippen molar-refractivity contribution in [2.75, 3.05) is 13.2 Å². The molecule has 0 aliphatic rings. The van der Waals surface area contributed by atoms with Gasteiger partial charge in [0, 0.05) is 36.1 Å². The topological polar surface area (TPSA) is 62.2 Å². The summed E-state index contributed by atoms with van der Waals surface area (Å²) in [6.45, 7) is 0.696. The number of carbonyl (C=O) groups excluding carboxylic acids is 1. The van der Waals surface area contributed by atoms with Crippen molar-refractivity contribution >= 4 is 17.2 Å². The van der Waals surface area contributed by atoms with Gasteiger partial charge in [-0.3, -0.25) is 4.79 Å². The zero-order chi connectivity index (χ0) is 19.1. The molecule has 140 valence electrons. The monoisotopic (exact) mass is 384 g/mol. The number of aliphatic hydroxyl groups is 1. The maximum atomic E-state index is 13.0. The molecule has 6 heteroatoms. The van der Waals surface area contributed by atoms with Crippen molar-refractivity contribution in [2.24, 2.45) is 0 Å². The van der Waals surface area contributed by atoms with E-state index in [0.29, 0.717) is 24.9 Å². The van der Waals surface area contributed by atoms with Gasteiger partial charge < -0.3 is 10.4 Å². The van der Waals surface area contributed by atoms with Crippen molar-refractivity contribution in [1.82, 2.24) is 10.3 Å². The number of halogens is 1. The van der Waals surface area contributed by atoms with Gasteiger partial charge in [0.15, 0.2) is 0 Å². The van der Waals surface area contributed by atoms with E-state index in [1.165, 1.54) is 12.1 Å². The number of amides is 1. The van der Waals surface area contributed by atoms with E-state index in [1.807, 2.05) is 17.5 Å². The Morgan fingerprint density at radius 3 is 2.52 bits per heavy atom. The first-order valence-electron chi connectivity index (χ1n) is 8.84. The smallest absolute Gasteiger partial charge is 0.251 e. The van der Waals surface area contributed by atoms with Crippen LogP contribution in [0.1, 0.15) is 33.8 Å². The van der Waals surface area contributed by atoms with E-state index in [4.69, 9.17) is 5.11 Å². The number of benzene rings is 2. The van der Waals surface area contributed by atoms with Crippen LogP contribution in [0.15, 0.2) is 53.9 Å². The molecular weight excluding hydrogens is 363 g/mol. The van der Waals surface area contributed by atoms with E-state index >= 15 is 0 Å². The first-order chi connectivity index (χ1) is 13.2. The number of nitrogens with one attached hydrogen (secondary N) is 1. The molecule has 0 saturated heterocycles. The van der Waals surface area contributed by atoms with Crippen LogP contribution in [0.4, 0.5) is 4.39 Å². The molecule has 0 fully saturated rings. The Labute approximate surface area is 161 Å². The van der Waals surface area contributed by atoms with Gasteiger partial charge in [-0.15, -0.1) is 11.3 Å². The molecule has 1 amide bonds. The molecule has 2 N–H and O–H groups in total. The van der Waals surface area contributed by atoms with Crippen LogP contribution in [0.2, 0.25) is 0 Å². The van der Waals surface area contributed by atoms with Crippen LogP contribution in [0.3, 0.4) is 0 Å². The van der Waals surface area contributed by atoms with Gasteiger partial charge in [-0.1, -0.05) is 24.3 Å². The van der Waals surface area contributed by atoms with Crippen molar-refractivity contribution in [3.63, 3.8) is 0 Å². The largest absolute Gasteiger partial charge is 0.396 e. The van der Waals surface area contributed by atoms with E-state index in [0.717, 1.165) is 28.2 Å². The normalized spacial score (nSPS) is 10.7. The molecule has 0 aliphatic carbocycles. The molecule has 0 radical (unpaired) electrons. The Bertz CT molecular complexity index is 876. The summed E-state index contributed by atoms with van der Waals surface area (Å²) >= 11 is 1.57. The molecule has 0 spiro atoms. The molecule has 0 unspecified atom stereocenters.